The predicted octanol–water partition coefficient (Wildman–Crippen LogP) is 1.27. The number of carbonyl (C=O) groups excluding carboxylic acids is 2. The van der Waals surface area contributed by atoms with E-state index in [-0.39, 0.29) is 34.4 Å². The second-order valence-electron chi connectivity index (χ2n) is 8.15. The lowest BCUT2D eigenvalue weighted by atomic mass is 9.71. The molecule has 8 heteroatoms. The number of benzene rings is 1. The van der Waals surface area contributed by atoms with Crippen LogP contribution in [0.25, 0.3) is 10.8 Å². The van der Waals surface area contributed by atoms with Gasteiger partial charge in [-0.05, 0) is 24.3 Å². The van der Waals surface area contributed by atoms with Crippen LogP contribution in [0.15, 0.2) is 29.1 Å². The van der Waals surface area contributed by atoms with E-state index in [0.29, 0.717) is 37.0 Å². The maximum Gasteiger partial charge on any atom is 0.274 e. The number of fused-ring (bicyclic) bond motifs is 1. The highest BCUT2D eigenvalue weighted by Gasteiger charge is 2.49. The third-order valence-electron chi connectivity index (χ3n) is 6.57. The molecule has 2 aliphatic rings. The number of hydrogen-bond acceptors (Lipinski definition) is 5. The van der Waals surface area contributed by atoms with Crippen molar-refractivity contribution < 1.29 is 14.3 Å². The Balaban J connectivity index is 1.54. The molecule has 29 heavy (non-hydrogen) atoms. The van der Waals surface area contributed by atoms with Gasteiger partial charge in [-0.1, -0.05) is 18.2 Å². The van der Waals surface area contributed by atoms with Gasteiger partial charge in [-0.2, -0.15) is 5.10 Å². The minimum absolute atomic E-state index is 0.0149. The maximum absolute atomic E-state index is 13.2. The number of hydrogen-bond donors (Lipinski definition) is 1. The molecule has 2 fully saturated rings. The number of carbonyl (C=O) groups is 2. The van der Waals surface area contributed by atoms with Crippen LogP contribution >= 0.6 is 0 Å². The van der Waals surface area contributed by atoms with E-state index in [1.165, 1.54) is 0 Å². The lowest BCUT2D eigenvalue weighted by Crippen LogP contribution is -2.47. The number of amides is 2. The van der Waals surface area contributed by atoms with Crippen LogP contribution in [0.4, 0.5) is 0 Å². The Labute approximate surface area is 168 Å². The average Bonchev–Trinajstić information content (AvgIpc) is 3.07. The summed E-state index contributed by atoms with van der Waals surface area (Å²) >= 11 is 0. The Morgan fingerprint density at radius 1 is 1.21 bits per heavy atom. The summed E-state index contributed by atoms with van der Waals surface area (Å²) in [7, 11) is 1.69. The second kappa shape index (κ2) is 7.59. The van der Waals surface area contributed by atoms with Gasteiger partial charge in [-0.3, -0.25) is 14.4 Å². The maximum atomic E-state index is 13.2. The van der Waals surface area contributed by atoms with Crippen LogP contribution < -0.4 is 5.56 Å². The average molecular weight is 398 g/mol. The van der Waals surface area contributed by atoms with Crippen LogP contribution in [0.1, 0.15) is 30.3 Å². The largest absolute Gasteiger partial charge is 0.384 e. The summed E-state index contributed by atoms with van der Waals surface area (Å²) in [5.41, 5.74) is -0.0345. The van der Waals surface area contributed by atoms with Gasteiger partial charge < -0.3 is 14.5 Å². The van der Waals surface area contributed by atoms with Crippen molar-refractivity contribution in [1.82, 2.24) is 20.0 Å². The monoisotopic (exact) mass is 398 g/mol. The number of nitrogens with zero attached hydrogens (tertiary/aromatic N) is 3. The molecule has 1 aromatic heterocycles. The zero-order chi connectivity index (χ0) is 20.6. The van der Waals surface area contributed by atoms with Crippen molar-refractivity contribution in [3.63, 3.8) is 0 Å². The zero-order valence-electron chi connectivity index (χ0n) is 16.8. The van der Waals surface area contributed by atoms with Crippen LogP contribution in [-0.2, 0) is 9.53 Å². The molecule has 3 heterocycles. The first-order valence-corrected chi connectivity index (χ1v) is 9.96. The summed E-state index contributed by atoms with van der Waals surface area (Å²) in [4.78, 5) is 40.8. The molecular formula is C21H26N4O4. The zero-order valence-corrected chi connectivity index (χ0v) is 16.8. The van der Waals surface area contributed by atoms with Crippen LogP contribution in [0.5, 0.6) is 0 Å². The quantitative estimate of drug-likeness (QED) is 0.840. The highest BCUT2D eigenvalue weighted by atomic mass is 16.5. The molecule has 1 unspecified atom stereocenters. The van der Waals surface area contributed by atoms with Crippen LogP contribution in [0, 0.1) is 11.3 Å². The Bertz CT molecular complexity index is 994. The van der Waals surface area contributed by atoms with E-state index in [2.05, 4.69) is 10.2 Å². The molecule has 2 amide bonds. The molecule has 154 valence electrons. The minimum atomic E-state index is -0.299. The van der Waals surface area contributed by atoms with Gasteiger partial charge in [0.05, 0.1) is 12.0 Å². The Hall–Kier alpha value is -2.74. The van der Waals surface area contributed by atoms with Crippen molar-refractivity contribution in [2.45, 2.75) is 19.8 Å². The van der Waals surface area contributed by atoms with Crippen molar-refractivity contribution in [2.24, 2.45) is 11.3 Å². The van der Waals surface area contributed by atoms with E-state index >= 15 is 0 Å². The number of aromatic nitrogens is 2. The van der Waals surface area contributed by atoms with Crippen LogP contribution in [0.3, 0.4) is 0 Å². The molecule has 0 radical (unpaired) electrons. The molecule has 0 bridgehead atoms. The third-order valence-corrected chi connectivity index (χ3v) is 6.57. The first kappa shape index (κ1) is 19.6. The summed E-state index contributed by atoms with van der Waals surface area (Å²) < 4.78 is 5.42. The first-order valence-electron chi connectivity index (χ1n) is 9.96. The fraction of sp³-hybridized carbons (Fsp3) is 0.524. The summed E-state index contributed by atoms with van der Waals surface area (Å²) in [6.45, 7) is 4.85. The van der Waals surface area contributed by atoms with Gasteiger partial charge in [0.1, 0.15) is 0 Å². The van der Waals surface area contributed by atoms with E-state index in [4.69, 9.17) is 4.74 Å². The van der Waals surface area contributed by atoms with E-state index < -0.39 is 0 Å². The molecule has 8 nitrogen and oxygen atoms in total. The third kappa shape index (κ3) is 3.42. The second-order valence-corrected chi connectivity index (χ2v) is 8.15. The molecule has 2 aliphatic heterocycles. The normalized spacial score (nSPS) is 21.1. The van der Waals surface area contributed by atoms with Crippen molar-refractivity contribution in [2.75, 3.05) is 39.9 Å². The van der Waals surface area contributed by atoms with Gasteiger partial charge in [0.2, 0.25) is 5.91 Å². The van der Waals surface area contributed by atoms with Gasteiger partial charge in [-0.15, -0.1) is 0 Å². The number of rotatable bonds is 3. The van der Waals surface area contributed by atoms with E-state index in [9.17, 15) is 14.4 Å². The first-order chi connectivity index (χ1) is 13.9. The molecule has 2 saturated heterocycles. The van der Waals surface area contributed by atoms with Crippen LogP contribution in [-0.4, -0.2) is 71.7 Å². The van der Waals surface area contributed by atoms with Crippen molar-refractivity contribution in [3.05, 3.63) is 40.3 Å². The topological polar surface area (TPSA) is 95.6 Å². The van der Waals surface area contributed by atoms with E-state index in [1.807, 2.05) is 4.90 Å². The standard InChI is InChI=1S/C21H26N4O4/c1-14(26)25-11-15(12-29-2)21(13-25)7-9-24(10-8-21)20(28)18-16-5-3-4-6-17(16)19(27)23-22-18/h3-6,15H,7-13H2,1-2H3,(H,23,27). The molecule has 4 rings (SSSR count). The Morgan fingerprint density at radius 3 is 2.55 bits per heavy atom. The highest BCUT2D eigenvalue weighted by Crippen LogP contribution is 2.45. The molecule has 0 saturated carbocycles. The van der Waals surface area contributed by atoms with Gasteiger partial charge >= 0.3 is 0 Å². The summed E-state index contributed by atoms with van der Waals surface area (Å²) in [6, 6.07) is 7.03. The number of aromatic amines is 1. The predicted molar refractivity (Wildman–Crippen MR) is 108 cm³/mol. The summed E-state index contributed by atoms with van der Waals surface area (Å²) in [5, 5.41) is 7.53. The van der Waals surface area contributed by atoms with Crippen molar-refractivity contribution in [3.8, 4) is 0 Å². The molecule has 1 aromatic carbocycles. The molecule has 1 spiro atoms. The van der Waals surface area contributed by atoms with Gasteiger partial charge in [0, 0.05) is 51.5 Å². The summed E-state index contributed by atoms with van der Waals surface area (Å²) in [6.07, 6.45) is 1.63. The number of H-pyrrole nitrogens is 1. The Kier molecular flexibility index (Phi) is 5.12. The molecule has 0 aliphatic carbocycles. The van der Waals surface area contributed by atoms with E-state index in [0.717, 1.165) is 19.4 Å². The highest BCUT2D eigenvalue weighted by molar-refractivity contribution is 6.04. The number of nitrogens with one attached hydrogen (secondary N) is 1. The molecule has 1 atom stereocenters. The van der Waals surface area contributed by atoms with Crippen molar-refractivity contribution in [1.29, 1.82) is 0 Å². The minimum Gasteiger partial charge on any atom is -0.384 e. The smallest absolute Gasteiger partial charge is 0.274 e. The SMILES string of the molecule is COCC1CN(C(C)=O)CC12CCN(C(=O)c1n[nH]c(=O)c3ccccc13)CC2. The number of piperidine rings is 1. The van der Waals surface area contributed by atoms with Gasteiger partial charge in [0.15, 0.2) is 5.69 Å². The van der Waals surface area contributed by atoms with E-state index in [1.54, 1.807) is 43.2 Å². The molecular weight excluding hydrogens is 372 g/mol. The number of ether oxygens (including phenoxy) is 1. The summed E-state index contributed by atoms with van der Waals surface area (Å²) in [5.74, 6) is 0.197. The lowest BCUT2D eigenvalue weighted by Gasteiger charge is -2.42. The number of methoxy groups -OCH3 is 1. The fourth-order valence-corrected chi connectivity index (χ4v) is 4.85. The fourth-order valence-electron chi connectivity index (χ4n) is 4.85. The lowest BCUT2D eigenvalue weighted by molar-refractivity contribution is -0.128. The Morgan fingerprint density at radius 2 is 1.90 bits per heavy atom. The van der Waals surface area contributed by atoms with Crippen molar-refractivity contribution >= 4 is 22.6 Å². The van der Waals surface area contributed by atoms with Crippen LogP contribution in [0.2, 0.25) is 0 Å². The molecule has 1 N–H and O–H groups in total. The van der Waals surface area contributed by atoms with Gasteiger partial charge in [0.25, 0.3) is 11.5 Å². The molecule has 2 aromatic rings. The van der Waals surface area contributed by atoms with Gasteiger partial charge in [-0.25, -0.2) is 5.10 Å². The number of likely N-dealkylation sites (tertiary alicyclic amines) is 2.